The Morgan fingerprint density at radius 2 is 1.90 bits per heavy atom. The fourth-order valence-electron chi connectivity index (χ4n) is 1.81. The van der Waals surface area contributed by atoms with Gasteiger partial charge in [-0.1, -0.05) is 11.6 Å². The molecular weight excluding hydrogens is 300 g/mol. The highest BCUT2D eigenvalue weighted by Crippen LogP contribution is 2.34. The molecule has 0 radical (unpaired) electrons. The van der Waals surface area contributed by atoms with Gasteiger partial charge in [0.15, 0.2) is 5.52 Å². The Kier molecular flexibility index (Phi) is 3.21. The van der Waals surface area contributed by atoms with Crippen LogP contribution in [0.15, 0.2) is 36.4 Å². The highest BCUT2D eigenvalue weighted by molar-refractivity contribution is 7.00. The lowest BCUT2D eigenvalue weighted by Gasteiger charge is -2.07. The number of nitrogens with one attached hydrogen (secondary N) is 1. The Bertz CT molecular complexity index is 788. The summed E-state index contributed by atoms with van der Waals surface area (Å²) in [5.74, 6) is 0. The topological polar surface area (TPSA) is 81.0 Å². The average Bonchev–Trinajstić information content (AvgIpc) is 2.89. The quantitative estimate of drug-likeness (QED) is 0.584. The Morgan fingerprint density at radius 3 is 2.60 bits per heavy atom. The largest absolute Gasteiger partial charge is 0.350 e. The van der Waals surface area contributed by atoms with Crippen molar-refractivity contribution in [1.29, 1.82) is 0 Å². The molecule has 1 N–H and O–H groups in total. The van der Waals surface area contributed by atoms with E-state index in [1.54, 1.807) is 36.4 Å². The number of hydrogen-bond acceptors (Lipinski definition) is 6. The zero-order valence-electron chi connectivity index (χ0n) is 9.91. The minimum atomic E-state index is -0.456. The second-order valence-electron chi connectivity index (χ2n) is 3.98. The molecule has 6 nitrogen and oxygen atoms in total. The second-order valence-corrected chi connectivity index (χ2v) is 4.95. The second kappa shape index (κ2) is 5.03. The van der Waals surface area contributed by atoms with Crippen molar-refractivity contribution in [2.75, 3.05) is 5.32 Å². The molecule has 3 aromatic rings. The summed E-state index contributed by atoms with van der Waals surface area (Å²) in [5, 5.41) is 14.9. The first kappa shape index (κ1) is 12.8. The third-order valence-electron chi connectivity index (χ3n) is 2.71. The molecule has 0 saturated heterocycles. The van der Waals surface area contributed by atoms with Crippen LogP contribution in [0, 0.1) is 10.1 Å². The highest BCUT2D eigenvalue weighted by Gasteiger charge is 2.21. The molecular formula is C12H7ClN4O2S. The molecule has 0 fully saturated rings. The molecule has 0 atom stereocenters. The Hall–Kier alpha value is -2.25. The molecule has 0 amide bonds. The molecule has 0 unspecified atom stereocenters. The van der Waals surface area contributed by atoms with Crippen LogP contribution in [0.2, 0.25) is 5.02 Å². The summed E-state index contributed by atoms with van der Waals surface area (Å²) in [7, 11) is 0. The van der Waals surface area contributed by atoms with Gasteiger partial charge in [-0.15, -0.1) is 0 Å². The van der Waals surface area contributed by atoms with E-state index in [9.17, 15) is 10.1 Å². The highest BCUT2D eigenvalue weighted by atomic mass is 35.5. The normalized spacial score (nSPS) is 10.7. The zero-order chi connectivity index (χ0) is 14.1. The summed E-state index contributed by atoms with van der Waals surface area (Å²) in [6, 6.07) is 10.2. The van der Waals surface area contributed by atoms with Crippen molar-refractivity contribution in [1.82, 2.24) is 8.75 Å². The third-order valence-corrected chi connectivity index (χ3v) is 3.50. The number of aromatic nitrogens is 2. The molecule has 0 bridgehead atoms. The van der Waals surface area contributed by atoms with E-state index in [0.29, 0.717) is 27.4 Å². The first-order chi connectivity index (χ1) is 9.65. The molecule has 8 heteroatoms. The van der Waals surface area contributed by atoms with Crippen LogP contribution in [-0.4, -0.2) is 13.7 Å². The van der Waals surface area contributed by atoms with E-state index in [4.69, 9.17) is 11.6 Å². The summed E-state index contributed by atoms with van der Waals surface area (Å²) < 4.78 is 7.99. The van der Waals surface area contributed by atoms with Crippen molar-refractivity contribution in [3.63, 3.8) is 0 Å². The van der Waals surface area contributed by atoms with Crippen LogP contribution in [0.4, 0.5) is 17.1 Å². The first-order valence-corrected chi connectivity index (χ1v) is 6.68. The van der Waals surface area contributed by atoms with Crippen LogP contribution in [0.3, 0.4) is 0 Å². The number of nitro groups is 1. The zero-order valence-corrected chi connectivity index (χ0v) is 11.5. The number of hydrogen-bond donors (Lipinski definition) is 1. The first-order valence-electron chi connectivity index (χ1n) is 5.57. The number of fused-ring (bicyclic) bond motifs is 1. The van der Waals surface area contributed by atoms with Crippen LogP contribution in [0.25, 0.3) is 11.0 Å². The Labute approximate surface area is 122 Å². The van der Waals surface area contributed by atoms with Crippen LogP contribution >= 0.6 is 23.3 Å². The van der Waals surface area contributed by atoms with Gasteiger partial charge in [0.2, 0.25) is 0 Å². The van der Waals surface area contributed by atoms with E-state index in [1.165, 1.54) is 0 Å². The smallest absolute Gasteiger partial charge is 0.321 e. The van der Waals surface area contributed by atoms with Crippen molar-refractivity contribution in [2.24, 2.45) is 0 Å². The van der Waals surface area contributed by atoms with Crippen LogP contribution in [-0.2, 0) is 0 Å². The Balaban J connectivity index is 2.08. The third kappa shape index (κ3) is 2.28. The number of anilines is 2. The SMILES string of the molecule is O=[N+]([O-])c1c(Nc2ccc(Cl)cc2)ccc2nsnc12. The summed E-state index contributed by atoms with van der Waals surface area (Å²) in [4.78, 5) is 10.8. The molecule has 1 aromatic heterocycles. The fraction of sp³-hybridized carbons (Fsp3) is 0. The maximum absolute atomic E-state index is 11.3. The maximum Gasteiger partial charge on any atom is 0.321 e. The van der Waals surface area contributed by atoms with Crippen LogP contribution in [0.1, 0.15) is 0 Å². The number of rotatable bonds is 3. The summed E-state index contributed by atoms with van der Waals surface area (Å²) in [6.07, 6.45) is 0. The molecule has 20 heavy (non-hydrogen) atoms. The molecule has 0 aliphatic rings. The lowest BCUT2D eigenvalue weighted by molar-refractivity contribution is -0.382. The molecule has 2 aromatic carbocycles. The number of nitrogens with zero attached hydrogens (tertiary/aromatic N) is 3. The molecule has 0 aliphatic carbocycles. The number of nitro benzene ring substituents is 1. The standard InChI is InChI=1S/C12H7ClN4O2S/c13-7-1-3-8(4-2-7)14-10-6-5-9-11(16-20-15-9)12(10)17(18)19/h1-6,14H. The van der Waals surface area contributed by atoms with E-state index in [1.807, 2.05) is 0 Å². The van der Waals surface area contributed by atoms with Crippen LogP contribution in [0.5, 0.6) is 0 Å². The predicted octanol–water partition coefficient (Wildman–Crippen LogP) is 4.00. The van der Waals surface area contributed by atoms with Gasteiger partial charge in [-0.05, 0) is 36.4 Å². The van der Waals surface area contributed by atoms with Crippen molar-refractivity contribution in [3.8, 4) is 0 Å². The molecule has 0 aliphatic heterocycles. The van der Waals surface area contributed by atoms with Gasteiger partial charge in [-0.2, -0.15) is 8.75 Å². The maximum atomic E-state index is 11.3. The van der Waals surface area contributed by atoms with Gasteiger partial charge in [0.05, 0.1) is 16.7 Å². The molecule has 0 spiro atoms. The van der Waals surface area contributed by atoms with Gasteiger partial charge in [0.25, 0.3) is 0 Å². The van der Waals surface area contributed by atoms with Crippen molar-refractivity contribution >= 4 is 51.4 Å². The van der Waals surface area contributed by atoms with E-state index in [-0.39, 0.29) is 5.69 Å². The summed E-state index contributed by atoms with van der Waals surface area (Å²) in [6.45, 7) is 0. The van der Waals surface area contributed by atoms with Gasteiger partial charge < -0.3 is 5.32 Å². The van der Waals surface area contributed by atoms with Crippen molar-refractivity contribution in [3.05, 3.63) is 51.5 Å². The van der Waals surface area contributed by atoms with Gasteiger partial charge in [-0.25, -0.2) is 0 Å². The molecule has 3 rings (SSSR count). The lowest BCUT2D eigenvalue weighted by Crippen LogP contribution is -1.98. The minimum absolute atomic E-state index is 0.0776. The van der Waals surface area contributed by atoms with E-state index in [2.05, 4.69) is 14.1 Å². The Morgan fingerprint density at radius 1 is 1.15 bits per heavy atom. The number of benzene rings is 2. The summed E-state index contributed by atoms with van der Waals surface area (Å²) in [5.41, 5.74) is 1.81. The van der Waals surface area contributed by atoms with Crippen LogP contribution < -0.4 is 5.32 Å². The predicted molar refractivity (Wildman–Crippen MR) is 78.8 cm³/mol. The van der Waals surface area contributed by atoms with E-state index in [0.717, 1.165) is 11.7 Å². The monoisotopic (exact) mass is 306 g/mol. The molecule has 0 saturated carbocycles. The van der Waals surface area contributed by atoms with Gasteiger partial charge in [-0.3, -0.25) is 10.1 Å². The average molecular weight is 307 g/mol. The number of halogens is 1. The lowest BCUT2D eigenvalue weighted by atomic mass is 10.2. The van der Waals surface area contributed by atoms with Gasteiger partial charge in [0.1, 0.15) is 11.2 Å². The van der Waals surface area contributed by atoms with E-state index < -0.39 is 4.92 Å². The summed E-state index contributed by atoms with van der Waals surface area (Å²) >= 11 is 6.76. The molecule has 100 valence electrons. The van der Waals surface area contributed by atoms with Gasteiger partial charge >= 0.3 is 5.69 Å². The minimum Gasteiger partial charge on any atom is -0.350 e. The van der Waals surface area contributed by atoms with Crippen molar-refractivity contribution < 1.29 is 4.92 Å². The van der Waals surface area contributed by atoms with Crippen molar-refractivity contribution in [2.45, 2.75) is 0 Å². The fourth-order valence-corrected chi connectivity index (χ4v) is 2.48. The van der Waals surface area contributed by atoms with Gasteiger partial charge in [0, 0.05) is 10.7 Å². The molecule has 1 heterocycles. The van der Waals surface area contributed by atoms with E-state index >= 15 is 0 Å².